The first-order valence-electron chi connectivity index (χ1n) is 10.1. The molecule has 1 aromatic carbocycles. The first-order chi connectivity index (χ1) is 13.8. The first-order valence-corrected chi connectivity index (χ1v) is 11.8. The lowest BCUT2D eigenvalue weighted by Gasteiger charge is -2.33. The summed E-state index contributed by atoms with van der Waals surface area (Å²) < 4.78 is 1.28. The molecule has 0 bridgehead atoms. The van der Waals surface area contributed by atoms with E-state index in [1.54, 1.807) is 11.3 Å². The van der Waals surface area contributed by atoms with Crippen molar-refractivity contribution in [3.05, 3.63) is 57.6 Å². The van der Waals surface area contributed by atoms with Gasteiger partial charge >= 0.3 is 0 Å². The summed E-state index contributed by atoms with van der Waals surface area (Å²) in [4.78, 5) is 15.8. The van der Waals surface area contributed by atoms with Crippen LogP contribution >= 0.6 is 22.7 Å². The summed E-state index contributed by atoms with van der Waals surface area (Å²) in [5, 5.41) is 8.55. The van der Waals surface area contributed by atoms with Gasteiger partial charge in [-0.05, 0) is 78.4 Å². The van der Waals surface area contributed by atoms with E-state index in [0.29, 0.717) is 0 Å². The number of hydrogen-bond donors (Lipinski definition) is 1. The molecule has 1 atom stereocenters. The molecule has 1 N–H and O–H groups in total. The predicted molar refractivity (Wildman–Crippen MR) is 121 cm³/mol. The third kappa shape index (κ3) is 3.54. The molecule has 0 saturated carbocycles. The second kappa shape index (κ2) is 7.82. The minimum Gasteiger partial charge on any atom is -0.321 e. The number of rotatable bonds is 3. The smallest absolute Gasteiger partial charge is 0.265 e. The number of hydrogen-bond acceptors (Lipinski definition) is 4. The lowest BCUT2D eigenvalue weighted by molar-refractivity contribution is 0.103. The Balaban J connectivity index is 1.42. The summed E-state index contributed by atoms with van der Waals surface area (Å²) >= 11 is 3.27. The Labute approximate surface area is 173 Å². The molecule has 0 spiro atoms. The van der Waals surface area contributed by atoms with Crippen LogP contribution in [-0.2, 0) is 0 Å². The minimum absolute atomic E-state index is 0.0308. The number of amides is 1. The van der Waals surface area contributed by atoms with Crippen LogP contribution in [-0.4, -0.2) is 29.9 Å². The van der Waals surface area contributed by atoms with Crippen molar-refractivity contribution in [2.75, 3.05) is 18.4 Å². The molecule has 0 aliphatic carbocycles. The molecule has 2 aromatic heterocycles. The fourth-order valence-corrected chi connectivity index (χ4v) is 6.06. The maximum absolute atomic E-state index is 12.4. The zero-order valence-corrected chi connectivity index (χ0v) is 17.5. The van der Waals surface area contributed by atoms with E-state index in [9.17, 15) is 4.79 Å². The molecule has 1 amide bonds. The van der Waals surface area contributed by atoms with E-state index in [1.807, 2.05) is 23.6 Å². The molecule has 0 radical (unpaired) electrons. The van der Waals surface area contributed by atoms with Crippen molar-refractivity contribution in [2.45, 2.75) is 38.1 Å². The Kier molecular flexibility index (Phi) is 5.05. The molecule has 28 heavy (non-hydrogen) atoms. The van der Waals surface area contributed by atoms with E-state index in [0.717, 1.165) is 29.6 Å². The summed E-state index contributed by atoms with van der Waals surface area (Å²) in [6.45, 7) is 2.32. The largest absolute Gasteiger partial charge is 0.321 e. The van der Waals surface area contributed by atoms with Gasteiger partial charge in [0.15, 0.2) is 0 Å². The SMILES string of the molecule is O=C(Nc1ccc2scc(C3=CCN4CCCCC4CC3)c2c1)c1cccs1. The topological polar surface area (TPSA) is 32.3 Å². The van der Waals surface area contributed by atoms with E-state index >= 15 is 0 Å². The molecule has 144 valence electrons. The van der Waals surface area contributed by atoms with E-state index in [1.165, 1.54) is 64.8 Å². The second-order valence-corrected chi connectivity index (χ2v) is 9.56. The minimum atomic E-state index is -0.0308. The molecule has 3 nitrogen and oxygen atoms in total. The van der Waals surface area contributed by atoms with E-state index in [4.69, 9.17) is 0 Å². The molecule has 2 aliphatic rings. The average molecular weight is 409 g/mol. The lowest BCUT2D eigenvalue weighted by Crippen LogP contribution is -2.38. The normalized spacial score (nSPS) is 20.4. The maximum atomic E-state index is 12.4. The maximum Gasteiger partial charge on any atom is 0.265 e. The van der Waals surface area contributed by atoms with Crippen LogP contribution in [0.2, 0.25) is 0 Å². The van der Waals surface area contributed by atoms with Gasteiger partial charge in [0.2, 0.25) is 0 Å². The molecular weight excluding hydrogens is 384 g/mol. The zero-order valence-electron chi connectivity index (χ0n) is 15.8. The van der Waals surface area contributed by atoms with E-state index in [2.05, 4.69) is 33.8 Å². The number of thiophene rings is 2. The van der Waals surface area contributed by atoms with Crippen molar-refractivity contribution in [2.24, 2.45) is 0 Å². The number of anilines is 1. The number of fused-ring (bicyclic) bond motifs is 2. The highest BCUT2D eigenvalue weighted by atomic mass is 32.1. The predicted octanol–water partition coefficient (Wildman–Crippen LogP) is 6.25. The Morgan fingerprint density at radius 1 is 1.14 bits per heavy atom. The van der Waals surface area contributed by atoms with Crippen molar-refractivity contribution >= 4 is 49.9 Å². The van der Waals surface area contributed by atoms with Gasteiger partial charge in [0.25, 0.3) is 5.91 Å². The summed E-state index contributed by atoms with van der Waals surface area (Å²) in [5.41, 5.74) is 3.70. The lowest BCUT2D eigenvalue weighted by atomic mass is 9.95. The molecule has 2 aliphatic heterocycles. The molecule has 4 heterocycles. The van der Waals surface area contributed by atoms with Crippen LogP contribution in [0.3, 0.4) is 0 Å². The number of nitrogens with one attached hydrogen (secondary N) is 1. The van der Waals surface area contributed by atoms with E-state index < -0.39 is 0 Å². The van der Waals surface area contributed by atoms with Gasteiger partial charge in [-0.25, -0.2) is 0 Å². The van der Waals surface area contributed by atoms with Crippen molar-refractivity contribution in [3.63, 3.8) is 0 Å². The monoisotopic (exact) mass is 408 g/mol. The van der Waals surface area contributed by atoms with E-state index in [-0.39, 0.29) is 5.91 Å². The Hall–Kier alpha value is -1.95. The fraction of sp³-hybridized carbons (Fsp3) is 0.348. The summed E-state index contributed by atoms with van der Waals surface area (Å²) in [7, 11) is 0. The average Bonchev–Trinajstić information content (AvgIpc) is 3.35. The van der Waals surface area contributed by atoms with Gasteiger partial charge in [-0.2, -0.15) is 0 Å². The molecule has 1 unspecified atom stereocenters. The van der Waals surface area contributed by atoms with Crippen molar-refractivity contribution in [1.82, 2.24) is 4.90 Å². The third-order valence-electron chi connectivity index (χ3n) is 5.99. The first kappa shape index (κ1) is 18.1. The van der Waals surface area contributed by atoms with Gasteiger partial charge in [0.1, 0.15) is 0 Å². The molecule has 1 saturated heterocycles. The Morgan fingerprint density at radius 3 is 3.00 bits per heavy atom. The van der Waals surface area contributed by atoms with Gasteiger partial charge < -0.3 is 5.32 Å². The van der Waals surface area contributed by atoms with Crippen LogP contribution in [0.25, 0.3) is 15.7 Å². The molecule has 5 heteroatoms. The highest BCUT2D eigenvalue weighted by Crippen LogP contribution is 2.37. The van der Waals surface area contributed by atoms with Crippen LogP contribution in [0.5, 0.6) is 0 Å². The van der Waals surface area contributed by atoms with Crippen LogP contribution in [0.4, 0.5) is 5.69 Å². The van der Waals surface area contributed by atoms with Gasteiger partial charge in [0.05, 0.1) is 4.88 Å². The van der Waals surface area contributed by atoms with Crippen LogP contribution in [0, 0.1) is 0 Å². The Morgan fingerprint density at radius 2 is 2.11 bits per heavy atom. The van der Waals surface area contributed by atoms with Gasteiger partial charge in [-0.1, -0.05) is 18.6 Å². The zero-order chi connectivity index (χ0) is 18.9. The van der Waals surface area contributed by atoms with Crippen molar-refractivity contribution in [1.29, 1.82) is 0 Å². The summed E-state index contributed by atoms with van der Waals surface area (Å²) in [6, 6.07) is 10.8. The summed E-state index contributed by atoms with van der Waals surface area (Å²) in [6.07, 6.45) is 8.93. The number of benzene rings is 1. The number of allylic oxidation sites excluding steroid dienone is 1. The van der Waals surface area contributed by atoms with Crippen LogP contribution in [0.15, 0.2) is 47.2 Å². The molecule has 1 fully saturated rings. The number of nitrogens with zero attached hydrogens (tertiary/aromatic N) is 1. The Bertz CT molecular complexity index is 1020. The number of carbonyl (C=O) groups excluding carboxylic acids is 1. The number of piperidine rings is 1. The quantitative estimate of drug-likeness (QED) is 0.556. The van der Waals surface area contributed by atoms with Gasteiger partial charge in [-0.15, -0.1) is 22.7 Å². The van der Waals surface area contributed by atoms with Gasteiger partial charge in [0, 0.05) is 28.4 Å². The standard InChI is InChI=1S/C23H24N2OS2/c26-23(22-5-3-13-27-22)24-17-7-9-21-19(14-17)20(15-28-21)16-6-8-18-4-1-2-11-25(18)12-10-16/h3,5,7,9-10,13-15,18H,1-2,4,6,8,11-12H2,(H,24,26). The van der Waals surface area contributed by atoms with Crippen molar-refractivity contribution < 1.29 is 4.79 Å². The molecular formula is C23H24N2OS2. The fourth-order valence-electron chi connectivity index (χ4n) is 4.48. The molecule has 5 rings (SSSR count). The summed E-state index contributed by atoms with van der Waals surface area (Å²) in [5.74, 6) is -0.0308. The van der Waals surface area contributed by atoms with Crippen molar-refractivity contribution in [3.8, 4) is 0 Å². The van der Waals surface area contributed by atoms with Crippen LogP contribution < -0.4 is 5.32 Å². The second-order valence-electron chi connectivity index (χ2n) is 7.70. The highest BCUT2D eigenvalue weighted by molar-refractivity contribution is 7.17. The highest BCUT2D eigenvalue weighted by Gasteiger charge is 2.24. The van der Waals surface area contributed by atoms with Crippen LogP contribution in [0.1, 0.15) is 47.3 Å². The third-order valence-corrected chi connectivity index (χ3v) is 7.82. The number of carbonyl (C=O) groups is 1. The molecule has 3 aromatic rings. The van der Waals surface area contributed by atoms with Gasteiger partial charge in [-0.3, -0.25) is 9.69 Å².